The van der Waals surface area contributed by atoms with Crippen LogP contribution in [0.4, 0.5) is 0 Å². The van der Waals surface area contributed by atoms with Gasteiger partial charge in [-0.15, -0.1) is 0 Å². The summed E-state index contributed by atoms with van der Waals surface area (Å²) in [7, 11) is 2.03. The molecule has 0 radical (unpaired) electrons. The number of benzene rings is 3. The van der Waals surface area contributed by atoms with Crippen molar-refractivity contribution in [1.82, 2.24) is 3.11 Å². The standard InChI is InChI=1S/C25H26INO2/c1-3-24(19-7-5-4-6-8-19)25(20-9-13-22(28)14-10-20)21-11-15-23(16-12-21)29-18-17-27(2)26/h4-16,28H,3,17-18H2,1-2H3/b25-24-. The second-order valence-electron chi connectivity index (χ2n) is 6.82. The van der Waals surface area contributed by atoms with Gasteiger partial charge < -0.3 is 9.84 Å². The van der Waals surface area contributed by atoms with Gasteiger partial charge in [0.05, 0.1) is 0 Å². The highest BCUT2D eigenvalue weighted by Gasteiger charge is 2.13. The third-order valence-corrected chi connectivity index (χ3v) is 5.23. The monoisotopic (exact) mass is 499 g/mol. The van der Waals surface area contributed by atoms with Gasteiger partial charge in [0.15, 0.2) is 0 Å². The van der Waals surface area contributed by atoms with Crippen LogP contribution in [0, 0.1) is 0 Å². The summed E-state index contributed by atoms with van der Waals surface area (Å²) in [6.45, 7) is 3.71. The number of phenols is 1. The van der Waals surface area contributed by atoms with Crippen LogP contribution in [0.1, 0.15) is 30.0 Å². The summed E-state index contributed by atoms with van der Waals surface area (Å²) in [5.74, 6) is 1.14. The third-order valence-electron chi connectivity index (χ3n) is 4.74. The molecule has 3 aromatic rings. The van der Waals surface area contributed by atoms with E-state index in [2.05, 4.69) is 69.3 Å². The molecule has 0 aliphatic carbocycles. The van der Waals surface area contributed by atoms with E-state index < -0.39 is 0 Å². The fraction of sp³-hybridized carbons (Fsp3) is 0.200. The van der Waals surface area contributed by atoms with Gasteiger partial charge in [-0.2, -0.15) is 0 Å². The van der Waals surface area contributed by atoms with Gasteiger partial charge in [0.2, 0.25) is 0 Å². The first-order valence-corrected chi connectivity index (χ1v) is 10.7. The molecule has 3 aromatic carbocycles. The van der Waals surface area contributed by atoms with Crippen LogP contribution >= 0.6 is 22.9 Å². The molecule has 0 amide bonds. The maximum Gasteiger partial charge on any atom is 0.119 e. The van der Waals surface area contributed by atoms with Crippen LogP contribution in [-0.2, 0) is 0 Å². The molecule has 1 N–H and O–H groups in total. The normalized spacial score (nSPS) is 12.0. The molecular formula is C25H26INO2. The number of ether oxygens (including phenoxy) is 1. The van der Waals surface area contributed by atoms with Gasteiger partial charge in [-0.25, -0.2) is 3.11 Å². The van der Waals surface area contributed by atoms with Gasteiger partial charge in [-0.1, -0.05) is 61.5 Å². The zero-order chi connectivity index (χ0) is 20.6. The Bertz CT molecular complexity index is 933. The van der Waals surface area contributed by atoms with E-state index in [-0.39, 0.29) is 5.75 Å². The Morgan fingerprint density at radius 3 is 2.00 bits per heavy atom. The Balaban J connectivity index is 2.02. The molecule has 0 saturated carbocycles. The molecule has 0 spiro atoms. The fourth-order valence-corrected chi connectivity index (χ4v) is 3.51. The van der Waals surface area contributed by atoms with E-state index in [1.165, 1.54) is 16.7 Å². The Labute approximate surface area is 187 Å². The van der Waals surface area contributed by atoms with E-state index in [9.17, 15) is 5.11 Å². The Morgan fingerprint density at radius 1 is 0.862 bits per heavy atom. The lowest BCUT2D eigenvalue weighted by atomic mass is 9.88. The fourth-order valence-electron chi connectivity index (χ4n) is 3.31. The molecule has 0 bridgehead atoms. The van der Waals surface area contributed by atoms with Crippen LogP contribution in [0.15, 0.2) is 78.9 Å². The topological polar surface area (TPSA) is 32.7 Å². The number of rotatable bonds is 8. The number of halogens is 1. The minimum atomic E-state index is 0.273. The van der Waals surface area contributed by atoms with Crippen molar-refractivity contribution in [2.75, 3.05) is 20.2 Å². The van der Waals surface area contributed by atoms with E-state index in [4.69, 9.17) is 4.74 Å². The van der Waals surface area contributed by atoms with Crippen LogP contribution < -0.4 is 4.74 Å². The van der Waals surface area contributed by atoms with Crippen LogP contribution in [-0.4, -0.2) is 28.4 Å². The third kappa shape index (κ3) is 5.84. The molecule has 150 valence electrons. The molecular weight excluding hydrogens is 473 g/mol. The lowest BCUT2D eigenvalue weighted by Crippen LogP contribution is -2.14. The first-order valence-electron chi connectivity index (χ1n) is 9.76. The van der Waals surface area contributed by atoms with Crippen LogP contribution in [0.3, 0.4) is 0 Å². The van der Waals surface area contributed by atoms with E-state index in [1.807, 2.05) is 37.4 Å². The van der Waals surface area contributed by atoms with Crippen molar-refractivity contribution in [3.63, 3.8) is 0 Å². The second-order valence-corrected chi connectivity index (χ2v) is 8.47. The van der Waals surface area contributed by atoms with Gasteiger partial charge in [-0.05, 0) is 65.6 Å². The molecule has 3 rings (SSSR count). The summed E-state index contributed by atoms with van der Waals surface area (Å²) in [5.41, 5.74) is 5.88. The van der Waals surface area contributed by atoms with Crippen molar-refractivity contribution in [3.8, 4) is 11.5 Å². The SMILES string of the molecule is CC/C(=C(\c1ccc(O)cc1)c1ccc(OCCN(C)I)cc1)c1ccccc1. The first kappa shape index (κ1) is 21.4. The second kappa shape index (κ2) is 10.5. The summed E-state index contributed by atoms with van der Waals surface area (Å²) in [6.07, 6.45) is 0.903. The zero-order valence-corrected chi connectivity index (χ0v) is 19.0. The van der Waals surface area contributed by atoms with Gasteiger partial charge >= 0.3 is 0 Å². The van der Waals surface area contributed by atoms with Gasteiger partial charge in [-0.3, -0.25) is 0 Å². The van der Waals surface area contributed by atoms with Gasteiger partial charge in [0.1, 0.15) is 18.1 Å². The van der Waals surface area contributed by atoms with Gasteiger partial charge in [0, 0.05) is 29.4 Å². The molecule has 0 aliphatic rings. The molecule has 0 heterocycles. The molecule has 29 heavy (non-hydrogen) atoms. The van der Waals surface area contributed by atoms with E-state index in [1.54, 1.807) is 12.1 Å². The smallest absolute Gasteiger partial charge is 0.119 e. The Hall–Kier alpha value is -2.31. The Morgan fingerprint density at radius 2 is 1.45 bits per heavy atom. The maximum atomic E-state index is 9.74. The summed E-state index contributed by atoms with van der Waals surface area (Å²) >= 11 is 2.25. The molecule has 0 saturated heterocycles. The highest BCUT2D eigenvalue weighted by atomic mass is 127. The maximum absolute atomic E-state index is 9.74. The molecule has 0 fully saturated rings. The predicted molar refractivity (Wildman–Crippen MR) is 129 cm³/mol. The summed E-state index contributed by atoms with van der Waals surface area (Å²) < 4.78 is 7.92. The largest absolute Gasteiger partial charge is 0.508 e. The first-order chi connectivity index (χ1) is 14.1. The van der Waals surface area contributed by atoms with Crippen LogP contribution in [0.2, 0.25) is 0 Å². The summed E-state index contributed by atoms with van der Waals surface area (Å²) in [4.78, 5) is 0. The van der Waals surface area contributed by atoms with Crippen molar-refractivity contribution < 1.29 is 9.84 Å². The average molecular weight is 499 g/mol. The number of aromatic hydroxyl groups is 1. The average Bonchev–Trinajstić information content (AvgIpc) is 2.74. The van der Waals surface area contributed by atoms with Gasteiger partial charge in [0.25, 0.3) is 0 Å². The number of nitrogens with zero attached hydrogens (tertiary/aromatic N) is 1. The summed E-state index contributed by atoms with van der Waals surface area (Å²) in [6, 6.07) is 26.2. The van der Waals surface area contributed by atoms with Crippen LogP contribution in [0.5, 0.6) is 11.5 Å². The van der Waals surface area contributed by atoms with E-state index in [0.29, 0.717) is 6.61 Å². The van der Waals surface area contributed by atoms with Crippen molar-refractivity contribution in [2.24, 2.45) is 0 Å². The highest BCUT2D eigenvalue weighted by molar-refractivity contribution is 14.1. The number of allylic oxidation sites excluding steroid dienone is 1. The van der Waals surface area contributed by atoms with Crippen molar-refractivity contribution in [3.05, 3.63) is 95.6 Å². The lowest BCUT2D eigenvalue weighted by Gasteiger charge is -2.17. The molecule has 0 atom stereocenters. The lowest BCUT2D eigenvalue weighted by molar-refractivity contribution is 0.300. The molecule has 0 aromatic heterocycles. The number of phenolic OH excluding ortho intramolecular Hbond substituents is 1. The Kier molecular flexibility index (Phi) is 7.72. The number of hydrogen-bond donors (Lipinski definition) is 1. The molecule has 3 nitrogen and oxygen atoms in total. The predicted octanol–water partition coefficient (Wildman–Crippen LogP) is 6.42. The summed E-state index contributed by atoms with van der Waals surface area (Å²) in [5, 5.41) is 9.74. The highest BCUT2D eigenvalue weighted by Crippen LogP contribution is 2.35. The quantitative estimate of drug-likeness (QED) is 0.221. The molecule has 0 aliphatic heterocycles. The number of likely N-dealkylation sites (N-methyl/N-ethyl adjacent to an activating group) is 1. The van der Waals surface area contributed by atoms with Crippen LogP contribution in [0.25, 0.3) is 11.1 Å². The zero-order valence-electron chi connectivity index (χ0n) is 16.8. The van der Waals surface area contributed by atoms with Crippen molar-refractivity contribution in [1.29, 1.82) is 0 Å². The molecule has 0 unspecified atom stereocenters. The van der Waals surface area contributed by atoms with Crippen molar-refractivity contribution >= 4 is 34.0 Å². The minimum absolute atomic E-state index is 0.273. The molecule has 4 heteroatoms. The van der Waals surface area contributed by atoms with Crippen molar-refractivity contribution in [2.45, 2.75) is 13.3 Å². The number of hydrogen-bond acceptors (Lipinski definition) is 3. The van der Waals surface area contributed by atoms with E-state index in [0.717, 1.165) is 29.8 Å². The van der Waals surface area contributed by atoms with E-state index >= 15 is 0 Å². The minimum Gasteiger partial charge on any atom is -0.508 e.